The van der Waals surface area contributed by atoms with Crippen LogP contribution >= 0.6 is 0 Å². The van der Waals surface area contributed by atoms with E-state index in [4.69, 9.17) is 0 Å². The number of rotatable bonds is 1. The van der Waals surface area contributed by atoms with Gasteiger partial charge in [0.25, 0.3) is 0 Å². The average Bonchev–Trinajstić information content (AvgIpc) is 2.05. The van der Waals surface area contributed by atoms with Crippen LogP contribution in [0.4, 0.5) is 0 Å². The Balaban J connectivity index is 0.00000144. The molecule has 13 heavy (non-hydrogen) atoms. The standard InChI is InChI=1S/C11H13S.ClH/c1-12(2)10-6-9-11-7-4-3-5-8-11;/h3-5,7-8H,10H2,1-2H3;1H/q+1;/p-1. The van der Waals surface area contributed by atoms with Gasteiger partial charge in [-0.3, -0.25) is 0 Å². The minimum absolute atomic E-state index is 0. The van der Waals surface area contributed by atoms with E-state index in [0.717, 1.165) is 11.3 Å². The zero-order chi connectivity index (χ0) is 8.81. The van der Waals surface area contributed by atoms with Crippen LogP contribution in [-0.4, -0.2) is 18.3 Å². The molecule has 0 aromatic heterocycles. The van der Waals surface area contributed by atoms with E-state index in [9.17, 15) is 0 Å². The van der Waals surface area contributed by atoms with Gasteiger partial charge >= 0.3 is 0 Å². The van der Waals surface area contributed by atoms with E-state index in [-0.39, 0.29) is 12.4 Å². The van der Waals surface area contributed by atoms with Crippen molar-refractivity contribution in [1.29, 1.82) is 0 Å². The third-order valence-corrected chi connectivity index (χ3v) is 2.09. The van der Waals surface area contributed by atoms with Crippen LogP contribution in [0.3, 0.4) is 0 Å². The maximum absolute atomic E-state index is 3.16. The van der Waals surface area contributed by atoms with Gasteiger partial charge in [-0.25, -0.2) is 0 Å². The lowest BCUT2D eigenvalue weighted by Gasteiger charge is -1.87. The molecule has 1 aromatic rings. The Hall–Kier alpha value is -0.580. The van der Waals surface area contributed by atoms with Crippen LogP contribution in [0.15, 0.2) is 30.3 Å². The zero-order valence-electron chi connectivity index (χ0n) is 7.88. The summed E-state index contributed by atoms with van der Waals surface area (Å²) in [4.78, 5) is 0. The van der Waals surface area contributed by atoms with E-state index in [1.54, 1.807) is 0 Å². The molecule has 0 N–H and O–H groups in total. The van der Waals surface area contributed by atoms with Gasteiger partial charge in [0.15, 0.2) is 5.75 Å². The number of hydrogen-bond donors (Lipinski definition) is 0. The second-order valence-electron chi connectivity index (χ2n) is 2.80. The van der Waals surface area contributed by atoms with E-state index < -0.39 is 0 Å². The summed E-state index contributed by atoms with van der Waals surface area (Å²) in [5, 5.41) is 0. The Labute approximate surface area is 89.5 Å². The highest BCUT2D eigenvalue weighted by Crippen LogP contribution is 1.94. The van der Waals surface area contributed by atoms with Gasteiger partial charge in [-0.2, -0.15) is 0 Å². The molecule has 0 heterocycles. The lowest BCUT2D eigenvalue weighted by atomic mass is 10.2. The predicted octanol–water partition coefficient (Wildman–Crippen LogP) is -1.08. The van der Waals surface area contributed by atoms with Crippen molar-refractivity contribution in [2.24, 2.45) is 0 Å². The van der Waals surface area contributed by atoms with Crippen molar-refractivity contribution >= 4 is 10.9 Å². The molecule has 0 aliphatic carbocycles. The Morgan fingerprint density at radius 2 is 1.77 bits per heavy atom. The fourth-order valence-corrected chi connectivity index (χ4v) is 1.16. The summed E-state index contributed by atoms with van der Waals surface area (Å²) in [6, 6.07) is 10.1. The van der Waals surface area contributed by atoms with Gasteiger partial charge in [0.05, 0.1) is 12.5 Å². The summed E-state index contributed by atoms with van der Waals surface area (Å²) in [6.07, 6.45) is 4.42. The normalized spacial score (nSPS) is 8.54. The number of halogens is 1. The molecule has 0 amide bonds. The highest BCUT2D eigenvalue weighted by atomic mass is 35.5. The topological polar surface area (TPSA) is 0 Å². The van der Waals surface area contributed by atoms with Crippen LogP contribution in [-0.2, 0) is 10.9 Å². The van der Waals surface area contributed by atoms with Gasteiger partial charge in [-0.05, 0) is 28.9 Å². The first-order valence-electron chi connectivity index (χ1n) is 3.87. The summed E-state index contributed by atoms with van der Waals surface area (Å²) < 4.78 is 0. The molecule has 1 rings (SSSR count). The molecule has 0 saturated carbocycles. The van der Waals surface area contributed by atoms with Crippen molar-refractivity contribution in [2.45, 2.75) is 0 Å². The van der Waals surface area contributed by atoms with Crippen LogP contribution in [0.25, 0.3) is 0 Å². The first-order chi connectivity index (χ1) is 5.79. The highest BCUT2D eigenvalue weighted by Gasteiger charge is 1.94. The smallest absolute Gasteiger partial charge is 0.168 e. The van der Waals surface area contributed by atoms with Crippen LogP contribution in [0.1, 0.15) is 5.56 Å². The van der Waals surface area contributed by atoms with Gasteiger partial charge in [0.2, 0.25) is 0 Å². The molecule has 1 aromatic carbocycles. The van der Waals surface area contributed by atoms with Crippen molar-refractivity contribution in [3.63, 3.8) is 0 Å². The van der Waals surface area contributed by atoms with Crippen molar-refractivity contribution in [1.82, 2.24) is 0 Å². The average molecular weight is 213 g/mol. The largest absolute Gasteiger partial charge is 1.00 e. The van der Waals surface area contributed by atoms with E-state index >= 15 is 0 Å². The van der Waals surface area contributed by atoms with E-state index in [1.165, 1.54) is 0 Å². The molecule has 0 saturated heterocycles. The molecule has 0 unspecified atom stereocenters. The second kappa shape index (κ2) is 6.88. The summed E-state index contributed by atoms with van der Waals surface area (Å²) in [5.41, 5.74) is 1.11. The fraction of sp³-hybridized carbons (Fsp3) is 0.273. The Kier molecular flexibility index (Phi) is 6.58. The molecule has 0 radical (unpaired) electrons. The third kappa shape index (κ3) is 5.63. The minimum atomic E-state index is 0. The summed E-state index contributed by atoms with van der Waals surface area (Å²) >= 11 is 0. The maximum Gasteiger partial charge on any atom is 0.168 e. The Morgan fingerprint density at radius 1 is 1.15 bits per heavy atom. The van der Waals surface area contributed by atoms with E-state index in [0.29, 0.717) is 10.9 Å². The van der Waals surface area contributed by atoms with Crippen LogP contribution in [0, 0.1) is 11.8 Å². The maximum atomic E-state index is 3.16. The Bertz CT molecular complexity index is 282. The van der Waals surface area contributed by atoms with Gasteiger partial charge < -0.3 is 12.4 Å². The SMILES string of the molecule is C[S+](C)CC#Cc1ccccc1.[Cl-]. The monoisotopic (exact) mass is 212 g/mol. The van der Waals surface area contributed by atoms with Crippen LogP contribution < -0.4 is 12.4 Å². The Morgan fingerprint density at radius 3 is 2.31 bits per heavy atom. The van der Waals surface area contributed by atoms with Crippen molar-refractivity contribution < 1.29 is 12.4 Å². The van der Waals surface area contributed by atoms with Gasteiger partial charge in [-0.15, -0.1) is 0 Å². The van der Waals surface area contributed by atoms with Crippen LogP contribution in [0.5, 0.6) is 0 Å². The van der Waals surface area contributed by atoms with Gasteiger partial charge in [-0.1, -0.05) is 24.1 Å². The van der Waals surface area contributed by atoms with Crippen LogP contribution in [0.2, 0.25) is 0 Å². The third-order valence-electron chi connectivity index (χ3n) is 1.37. The first-order valence-corrected chi connectivity index (χ1v) is 6.08. The molecule has 2 heteroatoms. The number of benzene rings is 1. The predicted molar refractivity (Wildman–Crippen MR) is 57.4 cm³/mol. The van der Waals surface area contributed by atoms with Crippen molar-refractivity contribution in [3.8, 4) is 11.8 Å². The molecule has 0 spiro atoms. The van der Waals surface area contributed by atoms with Gasteiger partial charge in [0.1, 0.15) is 0 Å². The number of hydrogen-bond acceptors (Lipinski definition) is 0. The molecule has 0 bridgehead atoms. The molecule has 0 fully saturated rings. The minimum Gasteiger partial charge on any atom is -1.00 e. The van der Waals surface area contributed by atoms with Crippen molar-refractivity contribution in [3.05, 3.63) is 35.9 Å². The molecular formula is C11H13ClS. The quantitative estimate of drug-likeness (QED) is 0.411. The summed E-state index contributed by atoms with van der Waals surface area (Å²) in [5.74, 6) is 7.31. The van der Waals surface area contributed by atoms with E-state index in [1.807, 2.05) is 30.3 Å². The lowest BCUT2D eigenvalue weighted by molar-refractivity contribution is -0.00000254. The molecule has 0 aliphatic rings. The fourth-order valence-electron chi connectivity index (χ4n) is 0.804. The lowest BCUT2D eigenvalue weighted by Crippen LogP contribution is -3.00. The first kappa shape index (κ1) is 12.4. The zero-order valence-corrected chi connectivity index (χ0v) is 9.45. The second-order valence-corrected chi connectivity index (χ2v) is 5.06. The molecule has 0 atom stereocenters. The van der Waals surface area contributed by atoms with Crippen molar-refractivity contribution in [2.75, 3.05) is 18.3 Å². The van der Waals surface area contributed by atoms with Gasteiger partial charge in [0, 0.05) is 5.56 Å². The van der Waals surface area contributed by atoms with E-state index in [2.05, 4.69) is 24.4 Å². The molecule has 0 nitrogen and oxygen atoms in total. The molecule has 70 valence electrons. The summed E-state index contributed by atoms with van der Waals surface area (Å²) in [7, 11) is 0.437. The molecule has 0 aliphatic heterocycles. The molecular weight excluding hydrogens is 200 g/mol. The highest BCUT2D eigenvalue weighted by molar-refractivity contribution is 7.95. The summed E-state index contributed by atoms with van der Waals surface area (Å²) in [6.45, 7) is 0.